The molecule has 2 amide bonds. The van der Waals surface area contributed by atoms with Crippen molar-refractivity contribution in [3.8, 4) is 0 Å². The number of carbonyl (C=O) groups excluding carboxylic acids is 2. The molecule has 0 aliphatic rings. The molecule has 1 unspecified atom stereocenters. The van der Waals surface area contributed by atoms with Crippen molar-refractivity contribution in [1.29, 1.82) is 0 Å². The largest absolute Gasteiger partial charge is 0.334 e. The van der Waals surface area contributed by atoms with Crippen LogP contribution in [-0.4, -0.2) is 22.8 Å². The second kappa shape index (κ2) is 5.56. The van der Waals surface area contributed by atoms with E-state index in [1.54, 1.807) is 20.8 Å². The van der Waals surface area contributed by atoms with Crippen LogP contribution in [0.3, 0.4) is 0 Å². The summed E-state index contributed by atoms with van der Waals surface area (Å²) in [6, 6.07) is 0. The minimum Gasteiger partial charge on any atom is -0.334 e. The number of halogens is 2. The molecule has 0 radical (unpaired) electrons. The fraction of sp³-hybridized carbons (Fsp3) is 0.778. The summed E-state index contributed by atoms with van der Waals surface area (Å²) in [6.07, 6.45) is -0.766. The Kier molecular flexibility index (Phi) is 5.38. The average Bonchev–Trinajstić information content (AvgIpc) is 1.99. The predicted molar refractivity (Wildman–Crippen MR) is 60.7 cm³/mol. The summed E-state index contributed by atoms with van der Waals surface area (Å²) in [5, 5.41) is 5.00. The molecule has 6 heteroatoms. The van der Waals surface area contributed by atoms with Crippen molar-refractivity contribution in [1.82, 2.24) is 10.6 Å². The highest BCUT2D eigenvalue weighted by Crippen LogP contribution is 2.14. The van der Waals surface area contributed by atoms with Gasteiger partial charge in [-0.3, -0.25) is 9.59 Å². The minimum atomic E-state index is -0.889. The molecule has 0 heterocycles. The molecule has 0 saturated carbocycles. The molecule has 0 saturated heterocycles. The zero-order valence-electron chi connectivity index (χ0n) is 9.23. The van der Waals surface area contributed by atoms with E-state index in [9.17, 15) is 9.59 Å². The zero-order valence-corrected chi connectivity index (χ0v) is 10.7. The van der Waals surface area contributed by atoms with Crippen molar-refractivity contribution in [2.24, 2.45) is 5.41 Å². The molecule has 0 aromatic heterocycles. The number of carbonyl (C=O) groups is 2. The highest BCUT2D eigenvalue weighted by molar-refractivity contribution is 6.44. The van der Waals surface area contributed by atoms with E-state index < -0.39 is 16.4 Å². The van der Waals surface area contributed by atoms with E-state index in [4.69, 9.17) is 23.2 Å². The Bertz CT molecular complexity index is 249. The first kappa shape index (κ1) is 14.5. The van der Waals surface area contributed by atoms with Crippen molar-refractivity contribution < 1.29 is 9.59 Å². The molecule has 0 bridgehead atoms. The van der Waals surface area contributed by atoms with Gasteiger partial charge in [0.15, 0.2) is 0 Å². The summed E-state index contributed by atoms with van der Waals surface area (Å²) in [6.45, 7) is 6.59. The lowest BCUT2D eigenvalue weighted by molar-refractivity contribution is -0.129. The Balaban J connectivity index is 4.42. The number of amides is 2. The maximum Gasteiger partial charge on any atom is 0.227 e. The normalized spacial score (nSPS) is 13.5. The summed E-state index contributed by atoms with van der Waals surface area (Å²) in [7, 11) is 0. The lowest BCUT2D eigenvalue weighted by atomic mass is 9.95. The molecule has 2 N–H and O–H groups in total. The fourth-order valence-corrected chi connectivity index (χ4v) is 0.991. The fourth-order valence-electron chi connectivity index (χ4n) is 0.739. The molecule has 0 fully saturated rings. The molecule has 0 aliphatic carbocycles. The van der Waals surface area contributed by atoms with Gasteiger partial charge in [-0.2, -0.15) is 0 Å². The van der Waals surface area contributed by atoms with Crippen LogP contribution >= 0.6 is 23.2 Å². The summed E-state index contributed by atoms with van der Waals surface area (Å²) in [5.74, 6) is -0.534. The molecule has 0 aliphatic heterocycles. The standard InChI is InChI=1S/C9H16Cl2N2O2/c1-5(14)12-7(6(10)11)13-8(15)9(2,3)4/h6-7H,1-4H3,(H,12,14)(H,13,15). The summed E-state index contributed by atoms with van der Waals surface area (Å²) in [4.78, 5) is 21.5. The van der Waals surface area contributed by atoms with Crippen LogP contribution in [0.1, 0.15) is 27.7 Å². The van der Waals surface area contributed by atoms with E-state index in [2.05, 4.69) is 10.6 Å². The lowest BCUT2D eigenvalue weighted by Crippen LogP contribution is -2.53. The van der Waals surface area contributed by atoms with E-state index in [0.29, 0.717) is 0 Å². The van der Waals surface area contributed by atoms with Gasteiger partial charge in [0.25, 0.3) is 0 Å². The third-order valence-electron chi connectivity index (χ3n) is 1.58. The van der Waals surface area contributed by atoms with E-state index in [1.807, 2.05) is 0 Å². The molecule has 15 heavy (non-hydrogen) atoms. The molecule has 1 atom stereocenters. The van der Waals surface area contributed by atoms with E-state index >= 15 is 0 Å². The summed E-state index contributed by atoms with van der Waals surface area (Å²) >= 11 is 11.2. The Morgan fingerprint density at radius 1 is 1.13 bits per heavy atom. The Morgan fingerprint density at radius 3 is 1.87 bits per heavy atom. The lowest BCUT2D eigenvalue weighted by Gasteiger charge is -2.25. The van der Waals surface area contributed by atoms with E-state index in [-0.39, 0.29) is 11.8 Å². The van der Waals surface area contributed by atoms with Crippen LogP contribution in [0, 0.1) is 5.41 Å². The Morgan fingerprint density at radius 2 is 1.60 bits per heavy atom. The molecular weight excluding hydrogens is 239 g/mol. The highest BCUT2D eigenvalue weighted by Gasteiger charge is 2.27. The number of hydrogen-bond acceptors (Lipinski definition) is 2. The Labute approximate surface area is 99.7 Å². The van der Waals surface area contributed by atoms with Gasteiger partial charge in [-0.25, -0.2) is 0 Å². The molecule has 88 valence electrons. The second-order valence-electron chi connectivity index (χ2n) is 4.24. The molecule has 0 rings (SSSR count). The van der Waals surface area contributed by atoms with Gasteiger partial charge in [-0.05, 0) is 0 Å². The third-order valence-corrected chi connectivity index (χ3v) is 2.08. The third kappa shape index (κ3) is 5.85. The maximum atomic E-state index is 11.6. The molecule has 4 nitrogen and oxygen atoms in total. The first-order valence-corrected chi connectivity index (χ1v) is 5.38. The average molecular weight is 255 g/mol. The van der Waals surface area contributed by atoms with Crippen molar-refractivity contribution >= 4 is 35.0 Å². The second-order valence-corrected chi connectivity index (χ2v) is 5.40. The quantitative estimate of drug-likeness (QED) is 0.591. The minimum absolute atomic E-state index is 0.229. The highest BCUT2D eigenvalue weighted by atomic mass is 35.5. The number of nitrogens with one attached hydrogen (secondary N) is 2. The first-order valence-electron chi connectivity index (χ1n) is 4.51. The van der Waals surface area contributed by atoms with Gasteiger partial charge in [-0.15, -0.1) is 23.2 Å². The van der Waals surface area contributed by atoms with Gasteiger partial charge in [0.2, 0.25) is 11.8 Å². The smallest absolute Gasteiger partial charge is 0.227 e. The predicted octanol–water partition coefficient (Wildman–Crippen LogP) is 1.41. The van der Waals surface area contributed by atoms with Gasteiger partial charge < -0.3 is 10.6 Å². The number of rotatable bonds is 3. The van der Waals surface area contributed by atoms with Gasteiger partial charge in [0.1, 0.15) is 11.0 Å². The summed E-state index contributed by atoms with van der Waals surface area (Å²) < 4.78 is 0. The van der Waals surface area contributed by atoms with Crippen LogP contribution in [0.5, 0.6) is 0 Å². The SMILES string of the molecule is CC(=O)NC(NC(=O)C(C)(C)C)C(Cl)Cl. The zero-order chi connectivity index (χ0) is 12.2. The first-order chi connectivity index (χ1) is 6.64. The van der Waals surface area contributed by atoms with E-state index in [1.165, 1.54) is 6.92 Å². The van der Waals surface area contributed by atoms with Gasteiger partial charge in [0, 0.05) is 12.3 Å². The number of alkyl halides is 2. The summed E-state index contributed by atoms with van der Waals surface area (Å²) in [5.41, 5.74) is -0.556. The van der Waals surface area contributed by atoms with E-state index in [0.717, 1.165) is 0 Å². The number of hydrogen-bond donors (Lipinski definition) is 2. The van der Waals surface area contributed by atoms with Gasteiger partial charge in [0.05, 0.1) is 0 Å². The van der Waals surface area contributed by atoms with Crippen LogP contribution in [-0.2, 0) is 9.59 Å². The monoisotopic (exact) mass is 254 g/mol. The van der Waals surface area contributed by atoms with Crippen molar-refractivity contribution in [3.05, 3.63) is 0 Å². The molecule has 0 spiro atoms. The van der Waals surface area contributed by atoms with Crippen LogP contribution in [0.2, 0.25) is 0 Å². The molecule has 0 aromatic carbocycles. The van der Waals surface area contributed by atoms with Gasteiger partial charge in [-0.1, -0.05) is 20.8 Å². The Hall–Kier alpha value is -0.480. The maximum absolute atomic E-state index is 11.6. The van der Waals surface area contributed by atoms with Gasteiger partial charge >= 0.3 is 0 Å². The molecular formula is C9H16Cl2N2O2. The van der Waals surface area contributed by atoms with Crippen LogP contribution in [0.4, 0.5) is 0 Å². The van der Waals surface area contributed by atoms with Crippen molar-refractivity contribution in [2.75, 3.05) is 0 Å². The topological polar surface area (TPSA) is 58.2 Å². The van der Waals surface area contributed by atoms with Crippen LogP contribution < -0.4 is 10.6 Å². The van der Waals surface area contributed by atoms with Crippen molar-refractivity contribution in [3.63, 3.8) is 0 Å². The molecule has 0 aromatic rings. The van der Waals surface area contributed by atoms with Crippen molar-refractivity contribution in [2.45, 2.75) is 38.7 Å². The van der Waals surface area contributed by atoms with Crippen LogP contribution in [0.15, 0.2) is 0 Å². The van der Waals surface area contributed by atoms with Crippen LogP contribution in [0.25, 0.3) is 0 Å².